The molecule has 0 aliphatic heterocycles. The Bertz CT molecular complexity index is 125. The molecule has 2 atom stereocenters. The van der Waals surface area contributed by atoms with E-state index in [2.05, 4.69) is 11.7 Å². The van der Waals surface area contributed by atoms with Crippen molar-refractivity contribution in [2.24, 2.45) is 11.7 Å². The van der Waals surface area contributed by atoms with Gasteiger partial charge < -0.3 is 10.5 Å². The van der Waals surface area contributed by atoms with Crippen molar-refractivity contribution < 1.29 is 9.53 Å². The molecular formula is C8H17NO2. The minimum absolute atomic E-state index is 0.0625. The van der Waals surface area contributed by atoms with Gasteiger partial charge in [0.05, 0.1) is 13.5 Å². The molecule has 0 aromatic carbocycles. The summed E-state index contributed by atoms with van der Waals surface area (Å²) in [5, 5.41) is 0. The number of carbonyl (C=O) groups is 1. The monoisotopic (exact) mass is 159 g/mol. The molecule has 0 aliphatic carbocycles. The first-order valence-corrected chi connectivity index (χ1v) is 3.94. The molecule has 0 rings (SSSR count). The molecule has 0 spiro atoms. The largest absolute Gasteiger partial charge is 0.469 e. The second-order valence-electron chi connectivity index (χ2n) is 2.83. The minimum atomic E-state index is -0.224. The van der Waals surface area contributed by atoms with Gasteiger partial charge in [0.1, 0.15) is 0 Å². The number of nitrogens with two attached hydrogens (primary N) is 1. The van der Waals surface area contributed by atoms with Gasteiger partial charge in [0.25, 0.3) is 0 Å². The number of hydrogen-bond donors (Lipinski definition) is 1. The summed E-state index contributed by atoms with van der Waals surface area (Å²) in [4.78, 5) is 10.7. The van der Waals surface area contributed by atoms with Crippen molar-refractivity contribution in [3.8, 4) is 0 Å². The molecule has 0 saturated carbocycles. The highest BCUT2D eigenvalue weighted by Gasteiger charge is 2.14. The number of esters is 1. The van der Waals surface area contributed by atoms with Gasteiger partial charge in [0.2, 0.25) is 0 Å². The molecule has 0 aliphatic rings. The summed E-state index contributed by atoms with van der Waals surface area (Å²) in [7, 11) is 1.38. The van der Waals surface area contributed by atoms with Crippen molar-refractivity contribution in [3.63, 3.8) is 0 Å². The van der Waals surface area contributed by atoms with Gasteiger partial charge in [-0.15, -0.1) is 0 Å². The molecule has 0 aromatic heterocycles. The van der Waals surface area contributed by atoms with Crippen molar-refractivity contribution in [3.05, 3.63) is 0 Å². The molecule has 0 heterocycles. The molecule has 3 nitrogen and oxygen atoms in total. The Hall–Kier alpha value is -0.570. The average Bonchev–Trinajstić information content (AvgIpc) is 2.02. The van der Waals surface area contributed by atoms with E-state index in [0.717, 1.165) is 6.42 Å². The third-order valence-corrected chi connectivity index (χ3v) is 2.00. The molecule has 2 N–H and O–H groups in total. The molecule has 11 heavy (non-hydrogen) atoms. The Morgan fingerprint density at radius 1 is 1.64 bits per heavy atom. The fraction of sp³-hybridized carbons (Fsp3) is 0.875. The van der Waals surface area contributed by atoms with Gasteiger partial charge in [-0.2, -0.15) is 0 Å². The van der Waals surface area contributed by atoms with Crippen LogP contribution in [0.2, 0.25) is 0 Å². The smallest absolute Gasteiger partial charge is 0.307 e. The van der Waals surface area contributed by atoms with Gasteiger partial charge in [-0.1, -0.05) is 20.3 Å². The first-order chi connectivity index (χ1) is 5.11. The highest BCUT2D eigenvalue weighted by atomic mass is 16.5. The molecule has 0 amide bonds. The first-order valence-electron chi connectivity index (χ1n) is 3.94. The molecule has 0 fully saturated rings. The molecule has 2 unspecified atom stereocenters. The van der Waals surface area contributed by atoms with Crippen LogP contribution in [0.25, 0.3) is 0 Å². The summed E-state index contributed by atoms with van der Waals surface area (Å²) in [5.74, 6) is 0.159. The highest BCUT2D eigenvalue weighted by molar-refractivity contribution is 5.69. The van der Waals surface area contributed by atoms with Gasteiger partial charge in [-0.05, 0) is 5.92 Å². The van der Waals surface area contributed by atoms with Gasteiger partial charge in [-0.3, -0.25) is 4.79 Å². The van der Waals surface area contributed by atoms with Crippen LogP contribution in [0.3, 0.4) is 0 Å². The van der Waals surface area contributed by atoms with Crippen molar-refractivity contribution in [1.29, 1.82) is 0 Å². The van der Waals surface area contributed by atoms with Crippen LogP contribution in [0.15, 0.2) is 0 Å². The molecule has 0 radical (unpaired) electrons. The predicted octanol–water partition coefficient (Wildman–Crippen LogP) is 0.923. The highest BCUT2D eigenvalue weighted by Crippen LogP contribution is 2.08. The van der Waals surface area contributed by atoms with E-state index in [4.69, 9.17) is 5.73 Å². The summed E-state index contributed by atoms with van der Waals surface area (Å²) >= 11 is 0. The summed E-state index contributed by atoms with van der Waals surface area (Å²) < 4.78 is 4.50. The summed E-state index contributed by atoms with van der Waals surface area (Å²) in [6.07, 6.45) is 1.32. The van der Waals surface area contributed by atoms with E-state index in [-0.39, 0.29) is 12.0 Å². The maximum Gasteiger partial charge on any atom is 0.307 e. The van der Waals surface area contributed by atoms with Gasteiger partial charge in [-0.25, -0.2) is 0 Å². The van der Waals surface area contributed by atoms with Crippen LogP contribution in [0.5, 0.6) is 0 Å². The van der Waals surface area contributed by atoms with E-state index in [1.807, 2.05) is 6.92 Å². The van der Waals surface area contributed by atoms with E-state index < -0.39 is 0 Å². The van der Waals surface area contributed by atoms with E-state index in [9.17, 15) is 4.79 Å². The zero-order valence-electron chi connectivity index (χ0n) is 7.46. The molecule has 66 valence electrons. The normalized spacial score (nSPS) is 15.6. The minimum Gasteiger partial charge on any atom is -0.469 e. The number of rotatable bonds is 4. The topological polar surface area (TPSA) is 52.3 Å². The third kappa shape index (κ3) is 3.98. The van der Waals surface area contributed by atoms with Gasteiger partial charge in [0.15, 0.2) is 0 Å². The number of methoxy groups -OCH3 is 1. The number of carbonyl (C=O) groups excluding carboxylic acids is 1. The standard InChI is InChI=1S/C8H17NO2/c1-4-6(2)7(9)5-8(10)11-3/h6-7H,4-5,9H2,1-3H3. The van der Waals surface area contributed by atoms with E-state index in [0.29, 0.717) is 12.3 Å². The van der Waals surface area contributed by atoms with Crippen molar-refractivity contribution >= 4 is 5.97 Å². The zero-order valence-corrected chi connectivity index (χ0v) is 7.46. The number of ether oxygens (including phenoxy) is 1. The maximum absolute atomic E-state index is 10.7. The Kier molecular flexibility index (Phi) is 4.86. The Morgan fingerprint density at radius 2 is 2.18 bits per heavy atom. The summed E-state index contributed by atoms with van der Waals surface area (Å²) in [6.45, 7) is 4.09. The fourth-order valence-electron chi connectivity index (χ4n) is 0.780. The third-order valence-electron chi connectivity index (χ3n) is 2.00. The van der Waals surface area contributed by atoms with E-state index >= 15 is 0 Å². The maximum atomic E-state index is 10.7. The van der Waals surface area contributed by atoms with Crippen LogP contribution in [-0.2, 0) is 9.53 Å². The van der Waals surface area contributed by atoms with Crippen molar-refractivity contribution in [2.75, 3.05) is 7.11 Å². The zero-order chi connectivity index (χ0) is 8.85. The van der Waals surface area contributed by atoms with Crippen LogP contribution in [-0.4, -0.2) is 19.1 Å². The van der Waals surface area contributed by atoms with Crippen molar-refractivity contribution in [2.45, 2.75) is 32.7 Å². The Morgan fingerprint density at radius 3 is 2.55 bits per heavy atom. The summed E-state index contributed by atoms with van der Waals surface area (Å²) in [5.41, 5.74) is 5.70. The average molecular weight is 159 g/mol. The quantitative estimate of drug-likeness (QED) is 0.621. The summed E-state index contributed by atoms with van der Waals surface area (Å²) in [6, 6.07) is -0.0625. The SMILES string of the molecule is CCC(C)C(N)CC(=O)OC. The lowest BCUT2D eigenvalue weighted by Crippen LogP contribution is -2.30. The predicted molar refractivity (Wildman–Crippen MR) is 44.1 cm³/mol. The molecule has 3 heteroatoms. The van der Waals surface area contributed by atoms with Gasteiger partial charge in [0, 0.05) is 6.04 Å². The van der Waals surface area contributed by atoms with Crippen molar-refractivity contribution in [1.82, 2.24) is 0 Å². The Balaban J connectivity index is 3.67. The second kappa shape index (κ2) is 5.13. The second-order valence-corrected chi connectivity index (χ2v) is 2.83. The molecule has 0 aromatic rings. The molecule has 0 saturated heterocycles. The Labute approximate surface area is 67.9 Å². The lowest BCUT2D eigenvalue weighted by Gasteiger charge is -2.16. The van der Waals surface area contributed by atoms with E-state index in [1.54, 1.807) is 0 Å². The lowest BCUT2D eigenvalue weighted by atomic mass is 9.97. The fourth-order valence-corrected chi connectivity index (χ4v) is 0.780. The lowest BCUT2D eigenvalue weighted by molar-refractivity contribution is -0.141. The first kappa shape index (κ1) is 10.4. The molecule has 0 bridgehead atoms. The van der Waals surface area contributed by atoms with Crippen LogP contribution in [0.1, 0.15) is 26.7 Å². The van der Waals surface area contributed by atoms with Crippen LogP contribution in [0.4, 0.5) is 0 Å². The number of hydrogen-bond acceptors (Lipinski definition) is 3. The van der Waals surface area contributed by atoms with E-state index in [1.165, 1.54) is 7.11 Å². The molecular weight excluding hydrogens is 142 g/mol. The van der Waals surface area contributed by atoms with Crippen LogP contribution in [0, 0.1) is 5.92 Å². The van der Waals surface area contributed by atoms with Gasteiger partial charge >= 0.3 is 5.97 Å². The van der Waals surface area contributed by atoms with Crippen LogP contribution < -0.4 is 5.73 Å². The van der Waals surface area contributed by atoms with Crippen LogP contribution >= 0.6 is 0 Å².